The summed E-state index contributed by atoms with van der Waals surface area (Å²) in [6.45, 7) is 0.824. The summed E-state index contributed by atoms with van der Waals surface area (Å²) in [5.41, 5.74) is 1.43. The molecule has 1 aromatic heterocycles. The number of aromatic nitrogens is 2. The number of hydrogen-bond donors (Lipinski definition) is 2. The lowest BCUT2D eigenvalue weighted by Crippen LogP contribution is -2.52. The Bertz CT molecular complexity index is 738. The quantitative estimate of drug-likeness (QED) is 0.866. The number of nitrogens with one attached hydrogen (secondary N) is 1. The minimum Gasteiger partial charge on any atom is -0.481 e. The molecule has 132 valence electrons. The molecule has 1 aromatic carbocycles. The molecule has 1 atom stereocenters. The van der Waals surface area contributed by atoms with Crippen molar-refractivity contribution < 1.29 is 19.4 Å². The number of benzene rings is 1. The summed E-state index contributed by atoms with van der Waals surface area (Å²) < 4.78 is 5.11. The Hall–Kier alpha value is -2.67. The van der Waals surface area contributed by atoms with E-state index in [0.717, 1.165) is 11.1 Å². The standard InChI is InChI=1S/C18H21N3O4/c1-25-12-18(17(23)24)7-2-8-21(11-18)16(22)14-5-3-13(4-6-14)15-9-19-20-10-15/h3-6,9-10H,2,7-8,11-12H2,1H3,(H,19,20)(H,23,24). The van der Waals surface area contributed by atoms with Crippen LogP contribution in [-0.4, -0.2) is 58.9 Å². The fraction of sp³-hybridized carbons (Fsp3) is 0.389. The van der Waals surface area contributed by atoms with E-state index >= 15 is 0 Å². The van der Waals surface area contributed by atoms with Gasteiger partial charge in [0.05, 0.1) is 12.8 Å². The molecule has 0 radical (unpaired) electrons. The Kier molecular flexibility index (Phi) is 4.85. The van der Waals surface area contributed by atoms with E-state index in [9.17, 15) is 14.7 Å². The van der Waals surface area contributed by atoms with Gasteiger partial charge in [-0.3, -0.25) is 14.7 Å². The second kappa shape index (κ2) is 7.06. The van der Waals surface area contributed by atoms with Gasteiger partial charge in [-0.05, 0) is 30.5 Å². The molecule has 0 spiro atoms. The van der Waals surface area contributed by atoms with Gasteiger partial charge in [-0.1, -0.05) is 12.1 Å². The van der Waals surface area contributed by atoms with Crippen molar-refractivity contribution in [2.45, 2.75) is 12.8 Å². The Morgan fingerprint density at radius 1 is 1.32 bits per heavy atom. The van der Waals surface area contributed by atoms with Gasteiger partial charge in [0.25, 0.3) is 5.91 Å². The minimum atomic E-state index is -1.03. The Balaban J connectivity index is 1.77. The molecule has 1 aliphatic heterocycles. The van der Waals surface area contributed by atoms with Gasteiger partial charge in [0.2, 0.25) is 0 Å². The van der Waals surface area contributed by atoms with Gasteiger partial charge in [0.15, 0.2) is 0 Å². The van der Waals surface area contributed by atoms with Crippen LogP contribution in [0.4, 0.5) is 0 Å². The predicted molar refractivity (Wildman–Crippen MR) is 91.1 cm³/mol. The largest absolute Gasteiger partial charge is 0.481 e. The third-order valence-electron chi connectivity index (χ3n) is 4.70. The van der Waals surface area contributed by atoms with Gasteiger partial charge in [-0.15, -0.1) is 0 Å². The van der Waals surface area contributed by atoms with E-state index in [4.69, 9.17) is 4.74 Å². The number of likely N-dealkylation sites (tertiary alicyclic amines) is 1. The molecule has 0 bridgehead atoms. The van der Waals surface area contributed by atoms with Gasteiger partial charge < -0.3 is 14.7 Å². The van der Waals surface area contributed by atoms with Crippen molar-refractivity contribution in [2.24, 2.45) is 5.41 Å². The van der Waals surface area contributed by atoms with Gasteiger partial charge in [0, 0.05) is 37.5 Å². The van der Waals surface area contributed by atoms with Crippen molar-refractivity contribution in [2.75, 3.05) is 26.8 Å². The summed E-state index contributed by atoms with van der Waals surface area (Å²) in [4.78, 5) is 26.1. The number of rotatable bonds is 5. The fourth-order valence-electron chi connectivity index (χ4n) is 3.33. The lowest BCUT2D eigenvalue weighted by atomic mass is 9.80. The summed E-state index contributed by atoms with van der Waals surface area (Å²) in [5, 5.41) is 16.3. The molecule has 25 heavy (non-hydrogen) atoms. The van der Waals surface area contributed by atoms with Crippen LogP contribution >= 0.6 is 0 Å². The van der Waals surface area contributed by atoms with Crippen LogP contribution in [0.3, 0.4) is 0 Å². The maximum atomic E-state index is 12.8. The molecule has 2 heterocycles. The summed E-state index contributed by atoms with van der Waals surface area (Å²) in [7, 11) is 1.49. The monoisotopic (exact) mass is 343 g/mol. The number of carboxylic acid groups (broad SMARTS) is 1. The van der Waals surface area contributed by atoms with Crippen LogP contribution in [0.2, 0.25) is 0 Å². The van der Waals surface area contributed by atoms with E-state index in [1.54, 1.807) is 29.4 Å². The van der Waals surface area contributed by atoms with Gasteiger partial charge in [0.1, 0.15) is 5.41 Å². The van der Waals surface area contributed by atoms with Crippen LogP contribution in [0, 0.1) is 5.41 Å². The number of methoxy groups -OCH3 is 1. The Labute approximate surface area is 145 Å². The topological polar surface area (TPSA) is 95.5 Å². The first-order valence-electron chi connectivity index (χ1n) is 8.16. The highest BCUT2D eigenvalue weighted by Gasteiger charge is 2.43. The highest BCUT2D eigenvalue weighted by molar-refractivity contribution is 5.95. The highest BCUT2D eigenvalue weighted by atomic mass is 16.5. The molecule has 0 saturated carbocycles. The first-order valence-corrected chi connectivity index (χ1v) is 8.16. The van der Waals surface area contributed by atoms with E-state index < -0.39 is 11.4 Å². The number of carbonyl (C=O) groups excluding carboxylic acids is 1. The van der Waals surface area contributed by atoms with Crippen molar-refractivity contribution in [3.8, 4) is 11.1 Å². The zero-order valence-electron chi connectivity index (χ0n) is 14.1. The third kappa shape index (κ3) is 3.41. The average Bonchev–Trinajstić information content (AvgIpc) is 3.16. The first kappa shape index (κ1) is 17.2. The number of aromatic amines is 1. The lowest BCUT2D eigenvalue weighted by Gasteiger charge is -2.39. The first-order chi connectivity index (χ1) is 12.1. The summed E-state index contributed by atoms with van der Waals surface area (Å²) in [5.74, 6) is -1.07. The van der Waals surface area contributed by atoms with Crippen LogP contribution in [0.25, 0.3) is 11.1 Å². The number of aliphatic carboxylic acids is 1. The van der Waals surface area contributed by atoms with Crippen molar-refractivity contribution >= 4 is 11.9 Å². The number of carbonyl (C=O) groups is 2. The molecule has 1 saturated heterocycles. The molecule has 3 rings (SSSR count). The van der Waals surface area contributed by atoms with Crippen molar-refractivity contribution in [3.05, 3.63) is 42.2 Å². The molecule has 1 aliphatic rings. The maximum Gasteiger partial charge on any atom is 0.313 e. The van der Waals surface area contributed by atoms with Crippen molar-refractivity contribution in [3.63, 3.8) is 0 Å². The number of piperidine rings is 1. The molecule has 1 amide bonds. The maximum absolute atomic E-state index is 12.8. The van der Waals surface area contributed by atoms with Gasteiger partial charge >= 0.3 is 5.97 Å². The minimum absolute atomic E-state index is 0.103. The van der Waals surface area contributed by atoms with Gasteiger partial charge in [-0.25, -0.2) is 0 Å². The predicted octanol–water partition coefficient (Wildman–Crippen LogP) is 2.03. The number of hydrogen-bond acceptors (Lipinski definition) is 4. The molecule has 0 aliphatic carbocycles. The van der Waals surface area contributed by atoms with E-state index in [1.165, 1.54) is 7.11 Å². The zero-order chi connectivity index (χ0) is 17.9. The molecule has 7 heteroatoms. The molecule has 2 N–H and O–H groups in total. The van der Waals surface area contributed by atoms with E-state index in [2.05, 4.69) is 10.2 Å². The van der Waals surface area contributed by atoms with Crippen molar-refractivity contribution in [1.82, 2.24) is 15.1 Å². The molecule has 1 unspecified atom stereocenters. The van der Waals surface area contributed by atoms with Crippen molar-refractivity contribution in [1.29, 1.82) is 0 Å². The van der Waals surface area contributed by atoms with Crippen LogP contribution < -0.4 is 0 Å². The molecule has 1 fully saturated rings. The summed E-state index contributed by atoms with van der Waals surface area (Å²) in [6.07, 6.45) is 4.66. The van der Waals surface area contributed by atoms with Gasteiger partial charge in [-0.2, -0.15) is 5.10 Å². The second-order valence-corrected chi connectivity index (χ2v) is 6.41. The molecule has 2 aromatic rings. The van der Waals surface area contributed by atoms with Crippen LogP contribution in [0.1, 0.15) is 23.2 Å². The van der Waals surface area contributed by atoms with Crippen LogP contribution in [0.15, 0.2) is 36.7 Å². The van der Waals surface area contributed by atoms with Crippen LogP contribution in [0.5, 0.6) is 0 Å². The second-order valence-electron chi connectivity index (χ2n) is 6.41. The number of ether oxygens (including phenoxy) is 1. The SMILES string of the molecule is COCC1(C(=O)O)CCCN(C(=O)c2ccc(-c3cn[nH]c3)cc2)C1. The molecular formula is C18H21N3O4. The number of carboxylic acids is 1. The number of H-pyrrole nitrogens is 1. The number of amides is 1. The van der Waals surface area contributed by atoms with E-state index in [0.29, 0.717) is 24.9 Å². The fourth-order valence-corrected chi connectivity index (χ4v) is 3.33. The van der Waals surface area contributed by atoms with E-state index in [1.807, 2.05) is 12.1 Å². The summed E-state index contributed by atoms with van der Waals surface area (Å²) >= 11 is 0. The Morgan fingerprint density at radius 3 is 2.68 bits per heavy atom. The normalized spacial score (nSPS) is 20.4. The molecular weight excluding hydrogens is 322 g/mol. The Morgan fingerprint density at radius 2 is 2.08 bits per heavy atom. The smallest absolute Gasteiger partial charge is 0.313 e. The summed E-state index contributed by atoms with van der Waals surface area (Å²) in [6, 6.07) is 7.25. The molecule has 7 nitrogen and oxygen atoms in total. The van der Waals surface area contributed by atoms with E-state index in [-0.39, 0.29) is 19.1 Å². The third-order valence-corrected chi connectivity index (χ3v) is 4.70. The highest BCUT2D eigenvalue weighted by Crippen LogP contribution is 2.31. The average molecular weight is 343 g/mol. The zero-order valence-corrected chi connectivity index (χ0v) is 14.1. The lowest BCUT2D eigenvalue weighted by molar-refractivity contribution is -0.155. The number of nitrogens with zero attached hydrogens (tertiary/aromatic N) is 2. The van der Waals surface area contributed by atoms with Crippen LogP contribution in [-0.2, 0) is 9.53 Å².